The molecule has 4 aromatic rings. The molecule has 0 aliphatic heterocycles. The third-order valence-electron chi connectivity index (χ3n) is 3.22. The van der Waals surface area contributed by atoms with Crippen molar-refractivity contribution in [2.24, 2.45) is 10.2 Å². The number of azo groups is 1. The van der Waals surface area contributed by atoms with E-state index in [1.165, 1.54) is 58.7 Å². The molecule has 0 aliphatic rings. The molecule has 2 heterocycles. The largest absolute Gasteiger partial charge is 0.506 e. The second kappa shape index (κ2) is 17.3. The highest BCUT2D eigenvalue weighted by Gasteiger charge is 2.02. The van der Waals surface area contributed by atoms with Crippen molar-refractivity contribution >= 4 is 85.7 Å². The van der Waals surface area contributed by atoms with Gasteiger partial charge in [0.15, 0.2) is 0 Å². The van der Waals surface area contributed by atoms with Crippen LogP contribution in [-0.2, 0) is 0 Å². The number of aromatic hydroxyl groups is 2. The minimum Gasteiger partial charge on any atom is -0.506 e. The lowest BCUT2D eigenvalue weighted by atomic mass is 10.3. The van der Waals surface area contributed by atoms with Gasteiger partial charge in [-0.1, -0.05) is 73.7 Å². The zero-order valence-corrected chi connectivity index (χ0v) is 21.9. The van der Waals surface area contributed by atoms with E-state index in [1.807, 2.05) is 12.5 Å². The second-order valence-corrected chi connectivity index (χ2v) is 9.35. The Morgan fingerprint density at radius 2 is 1.43 bits per heavy atom. The van der Waals surface area contributed by atoms with Crippen molar-refractivity contribution in [2.45, 2.75) is 25.2 Å². The number of hydrogen-bond acceptors (Lipinski definition) is 13. The minimum absolute atomic E-state index is 0. The minimum atomic E-state index is 0. The molecule has 2 aromatic heterocycles. The fourth-order valence-electron chi connectivity index (χ4n) is 1.74. The number of aromatic nitrogens is 4. The van der Waals surface area contributed by atoms with Gasteiger partial charge in [0, 0.05) is 23.1 Å². The smallest absolute Gasteiger partial charge is 0.250 e. The van der Waals surface area contributed by atoms with Gasteiger partial charge in [-0.3, -0.25) is 0 Å². The molecule has 35 heavy (non-hydrogen) atoms. The van der Waals surface area contributed by atoms with E-state index in [0.29, 0.717) is 26.1 Å². The van der Waals surface area contributed by atoms with Crippen molar-refractivity contribution in [1.29, 1.82) is 0 Å². The first-order valence-corrected chi connectivity index (χ1v) is 13.4. The summed E-state index contributed by atoms with van der Waals surface area (Å²) in [5, 5.41) is 29.0. The molecule has 9 nitrogen and oxygen atoms in total. The Morgan fingerprint density at radius 1 is 0.829 bits per heavy atom. The molecule has 0 atom stereocenters. The number of rotatable bonds is 4. The first-order valence-electron chi connectivity index (χ1n) is 8.67. The molecule has 0 saturated carbocycles. The summed E-state index contributed by atoms with van der Waals surface area (Å²) >= 11 is 16.5. The molecule has 0 bridgehead atoms. The lowest BCUT2D eigenvalue weighted by Crippen LogP contribution is -1.79. The summed E-state index contributed by atoms with van der Waals surface area (Å²) in [5.74, 6) is 0.153. The van der Waals surface area contributed by atoms with E-state index in [-0.39, 0.29) is 31.4 Å². The summed E-state index contributed by atoms with van der Waals surface area (Å²) in [4.78, 5) is 7.99. The number of halogens is 2. The Bertz CT molecular complexity index is 1170. The highest BCUT2D eigenvalue weighted by atomic mass is 35.5. The first kappa shape index (κ1) is 32.8. The Morgan fingerprint density at radius 3 is 1.89 bits per heavy atom. The Labute approximate surface area is 231 Å². The van der Waals surface area contributed by atoms with E-state index in [9.17, 15) is 5.11 Å². The van der Waals surface area contributed by atoms with E-state index < -0.39 is 0 Å². The van der Waals surface area contributed by atoms with Crippen molar-refractivity contribution in [2.75, 3.05) is 18.2 Å². The molecule has 190 valence electrons. The van der Waals surface area contributed by atoms with Crippen LogP contribution < -0.4 is 5.73 Å². The molecule has 0 radical (unpaired) electrons. The monoisotopic (exact) mass is 593 g/mol. The number of nitrogens with zero attached hydrogens (tertiary/aromatic N) is 6. The average molecular weight is 595 g/mol. The normalized spacial score (nSPS) is 9.71. The SMILES string of the molecule is C.C.CSc1nsc(N)n1.CSc1nsc(N=Nc2ccc(O)c(Cl)c2)n1.Oc1ccccc1Cl. The number of anilines is 1. The van der Waals surface area contributed by atoms with Crippen LogP contribution in [0.25, 0.3) is 0 Å². The highest BCUT2D eigenvalue weighted by molar-refractivity contribution is 7.98. The van der Waals surface area contributed by atoms with Gasteiger partial charge in [0.1, 0.15) is 11.5 Å². The maximum atomic E-state index is 9.24. The molecule has 15 heteroatoms. The van der Waals surface area contributed by atoms with Crippen molar-refractivity contribution in [3.8, 4) is 11.5 Å². The van der Waals surface area contributed by atoms with Crippen molar-refractivity contribution in [1.82, 2.24) is 18.7 Å². The Kier molecular flexibility index (Phi) is 16.2. The van der Waals surface area contributed by atoms with E-state index in [0.717, 1.165) is 5.16 Å². The third kappa shape index (κ3) is 11.9. The number of hydrogen-bond donors (Lipinski definition) is 3. The first-order chi connectivity index (χ1) is 15.8. The molecule has 4 N–H and O–H groups in total. The summed E-state index contributed by atoms with van der Waals surface area (Å²) in [6.07, 6.45) is 3.81. The molecule has 0 aliphatic carbocycles. The van der Waals surface area contributed by atoms with Crippen LogP contribution in [0.5, 0.6) is 11.5 Å². The van der Waals surface area contributed by atoms with E-state index in [1.54, 1.807) is 30.3 Å². The molecule has 0 fully saturated rings. The maximum absolute atomic E-state index is 9.24. The van der Waals surface area contributed by atoms with E-state index >= 15 is 0 Å². The predicted octanol–water partition coefficient (Wildman–Crippen LogP) is 8.19. The number of thioether (sulfide) groups is 2. The summed E-state index contributed by atoms with van der Waals surface area (Å²) in [5.41, 5.74) is 5.84. The third-order valence-corrected chi connectivity index (χ3v) is 6.31. The van der Waals surface area contributed by atoms with Crippen LogP contribution in [0.4, 0.5) is 16.0 Å². The number of phenolic OH excluding ortho intramolecular Hbond substituents is 2. The number of benzene rings is 2. The fraction of sp³-hybridized carbons (Fsp3) is 0.200. The van der Waals surface area contributed by atoms with E-state index in [4.69, 9.17) is 34.0 Å². The lowest BCUT2D eigenvalue weighted by molar-refractivity contribution is 0.475. The summed E-state index contributed by atoms with van der Waals surface area (Å²) in [6.45, 7) is 0. The topological polar surface area (TPSA) is 143 Å². The van der Waals surface area contributed by atoms with Crippen LogP contribution in [-0.4, -0.2) is 41.4 Å². The van der Waals surface area contributed by atoms with Gasteiger partial charge in [-0.05, 0) is 42.8 Å². The molecule has 0 spiro atoms. The summed E-state index contributed by atoms with van der Waals surface area (Å²) < 4.78 is 7.96. The molecule has 0 saturated heterocycles. The van der Waals surface area contributed by atoms with Crippen LogP contribution in [0.1, 0.15) is 14.9 Å². The highest BCUT2D eigenvalue weighted by Crippen LogP contribution is 2.29. The van der Waals surface area contributed by atoms with Crippen LogP contribution >= 0.6 is 69.8 Å². The van der Waals surface area contributed by atoms with Crippen LogP contribution in [0, 0.1) is 0 Å². The van der Waals surface area contributed by atoms with Gasteiger partial charge in [-0.2, -0.15) is 18.7 Å². The van der Waals surface area contributed by atoms with Gasteiger partial charge in [0.05, 0.1) is 15.7 Å². The molecule has 2 aromatic carbocycles. The van der Waals surface area contributed by atoms with Gasteiger partial charge >= 0.3 is 0 Å². The number of nitrogen functional groups attached to an aromatic ring is 1. The average Bonchev–Trinajstić information content (AvgIpc) is 3.46. The van der Waals surface area contributed by atoms with Gasteiger partial charge in [-0.25, -0.2) is 0 Å². The van der Waals surface area contributed by atoms with E-state index in [2.05, 4.69) is 28.9 Å². The van der Waals surface area contributed by atoms with Crippen LogP contribution in [0.15, 0.2) is 63.0 Å². The van der Waals surface area contributed by atoms with Crippen molar-refractivity contribution in [3.63, 3.8) is 0 Å². The van der Waals surface area contributed by atoms with Gasteiger partial charge in [0.2, 0.25) is 20.6 Å². The summed E-state index contributed by atoms with van der Waals surface area (Å²) in [7, 11) is 0. The Hall–Kier alpha value is -2.16. The maximum Gasteiger partial charge on any atom is 0.250 e. The number of para-hydroxylation sites is 1. The Balaban J connectivity index is 0.000000541. The van der Waals surface area contributed by atoms with Crippen LogP contribution in [0.3, 0.4) is 0 Å². The number of phenols is 2. The molecular formula is C20H25Cl2N7O2S4. The van der Waals surface area contributed by atoms with Crippen molar-refractivity contribution in [3.05, 3.63) is 52.5 Å². The van der Waals surface area contributed by atoms with Crippen molar-refractivity contribution < 1.29 is 10.2 Å². The summed E-state index contributed by atoms with van der Waals surface area (Å²) in [6, 6.07) is 11.3. The molecule has 0 unspecified atom stereocenters. The lowest BCUT2D eigenvalue weighted by Gasteiger charge is -1.95. The zero-order chi connectivity index (χ0) is 24.2. The van der Waals surface area contributed by atoms with Crippen LogP contribution in [0.2, 0.25) is 10.0 Å². The zero-order valence-electron chi connectivity index (χ0n) is 17.1. The predicted molar refractivity (Wildman–Crippen MR) is 152 cm³/mol. The second-order valence-electron chi connectivity index (χ2n) is 5.47. The fourth-order valence-corrected chi connectivity index (χ4v) is 4.10. The van der Waals surface area contributed by atoms with Gasteiger partial charge < -0.3 is 15.9 Å². The van der Waals surface area contributed by atoms with Gasteiger partial charge in [0.25, 0.3) is 0 Å². The molecule has 0 amide bonds. The molecular weight excluding hydrogens is 569 g/mol. The standard InChI is InChI=1S/C9H7ClN4OS2.C6H5ClO.C3H5N3S2.2CH4/c1-16-9-11-8(17-14-9)13-12-5-2-3-7(15)6(10)4-5;7-5-3-1-2-4-6(5)8;1-7-3-5-2(4)8-6-3;;/h2-4,15H,1H3;1-4,8H;1H3,(H2,4,5,6);2*1H4. The number of nitrogens with two attached hydrogens (primary N) is 1. The quantitative estimate of drug-likeness (QED) is 0.157. The molecule has 4 rings (SSSR count). The van der Waals surface area contributed by atoms with Gasteiger partial charge in [-0.15, -0.1) is 10.2 Å².